The van der Waals surface area contributed by atoms with Crippen LogP contribution in [-0.2, 0) is 14.6 Å². The second kappa shape index (κ2) is 6.07. The molecule has 2 aliphatic rings. The number of hydrogen-bond acceptors (Lipinski definition) is 3. The Bertz CT molecular complexity index is 490. The van der Waals surface area contributed by atoms with E-state index in [4.69, 9.17) is 11.6 Å². The molecular formula is C15H26ClNO3S. The average molecular weight is 336 g/mol. The summed E-state index contributed by atoms with van der Waals surface area (Å²) < 4.78 is 23.1. The SMILES string of the molecule is CC(C)(C)C1CCC(C(=O)NC2CS(=O)(=O)CC2Cl)CC1. The number of nitrogens with one attached hydrogen (secondary N) is 1. The molecule has 0 aromatic rings. The summed E-state index contributed by atoms with van der Waals surface area (Å²) in [5, 5.41) is 2.36. The first-order chi connectivity index (χ1) is 9.58. The zero-order valence-electron chi connectivity index (χ0n) is 13.1. The molecule has 0 aromatic heterocycles. The van der Waals surface area contributed by atoms with Gasteiger partial charge in [-0.05, 0) is 37.0 Å². The van der Waals surface area contributed by atoms with E-state index in [0.717, 1.165) is 25.7 Å². The van der Waals surface area contributed by atoms with Crippen molar-refractivity contribution in [1.82, 2.24) is 5.32 Å². The summed E-state index contributed by atoms with van der Waals surface area (Å²) >= 11 is 6.03. The zero-order chi connectivity index (χ0) is 15.8. The van der Waals surface area contributed by atoms with Gasteiger partial charge < -0.3 is 5.32 Å². The monoisotopic (exact) mass is 335 g/mol. The molecule has 4 nitrogen and oxygen atoms in total. The summed E-state index contributed by atoms with van der Waals surface area (Å²) in [7, 11) is -3.10. The van der Waals surface area contributed by atoms with Crippen molar-refractivity contribution in [2.75, 3.05) is 11.5 Å². The van der Waals surface area contributed by atoms with Gasteiger partial charge in [0.05, 0.1) is 22.9 Å². The molecule has 2 unspecified atom stereocenters. The largest absolute Gasteiger partial charge is 0.351 e. The number of carbonyl (C=O) groups excluding carboxylic acids is 1. The lowest BCUT2D eigenvalue weighted by molar-refractivity contribution is -0.127. The van der Waals surface area contributed by atoms with E-state index in [2.05, 4.69) is 26.1 Å². The average Bonchev–Trinajstić information content (AvgIpc) is 2.61. The Hall–Kier alpha value is -0.290. The summed E-state index contributed by atoms with van der Waals surface area (Å²) in [5.41, 5.74) is 0.294. The molecule has 21 heavy (non-hydrogen) atoms. The second-order valence-electron chi connectivity index (χ2n) is 7.62. The Labute approximate surface area is 132 Å². The summed E-state index contributed by atoms with van der Waals surface area (Å²) in [4.78, 5) is 12.3. The third-order valence-electron chi connectivity index (χ3n) is 4.93. The number of amides is 1. The Morgan fingerprint density at radius 3 is 2.10 bits per heavy atom. The summed E-state index contributed by atoms with van der Waals surface area (Å²) in [6.07, 6.45) is 3.91. The van der Waals surface area contributed by atoms with Crippen molar-refractivity contribution in [2.24, 2.45) is 17.3 Å². The third-order valence-corrected chi connectivity index (χ3v) is 7.31. The van der Waals surface area contributed by atoms with E-state index in [9.17, 15) is 13.2 Å². The number of carbonyl (C=O) groups is 1. The molecular weight excluding hydrogens is 310 g/mol. The van der Waals surface area contributed by atoms with Crippen LogP contribution in [0, 0.1) is 17.3 Å². The summed E-state index contributed by atoms with van der Waals surface area (Å²) in [6.45, 7) is 6.75. The van der Waals surface area contributed by atoms with Gasteiger partial charge in [-0.2, -0.15) is 0 Å². The lowest BCUT2D eigenvalue weighted by Gasteiger charge is -2.36. The molecule has 1 N–H and O–H groups in total. The van der Waals surface area contributed by atoms with Gasteiger partial charge in [-0.25, -0.2) is 8.42 Å². The van der Waals surface area contributed by atoms with E-state index in [0.29, 0.717) is 11.3 Å². The number of hydrogen-bond donors (Lipinski definition) is 1. The van der Waals surface area contributed by atoms with Crippen molar-refractivity contribution < 1.29 is 13.2 Å². The lowest BCUT2D eigenvalue weighted by atomic mass is 9.69. The van der Waals surface area contributed by atoms with Crippen LogP contribution in [0.3, 0.4) is 0 Å². The number of alkyl halides is 1. The molecule has 0 radical (unpaired) electrons. The lowest BCUT2D eigenvalue weighted by Crippen LogP contribution is -2.44. The smallest absolute Gasteiger partial charge is 0.223 e. The van der Waals surface area contributed by atoms with E-state index >= 15 is 0 Å². The minimum atomic E-state index is -3.10. The Kier molecular flexibility index (Phi) is 4.94. The fraction of sp³-hybridized carbons (Fsp3) is 0.933. The van der Waals surface area contributed by atoms with Crippen LogP contribution in [0.2, 0.25) is 0 Å². The summed E-state index contributed by atoms with van der Waals surface area (Å²) in [6, 6.07) is -0.426. The third kappa shape index (κ3) is 4.35. The highest BCUT2D eigenvalue weighted by atomic mass is 35.5. The van der Waals surface area contributed by atoms with Crippen molar-refractivity contribution in [3.63, 3.8) is 0 Å². The summed E-state index contributed by atoms with van der Waals surface area (Å²) in [5.74, 6) is 0.598. The molecule has 1 saturated heterocycles. The molecule has 2 fully saturated rings. The van der Waals surface area contributed by atoms with Crippen LogP contribution >= 0.6 is 11.6 Å². The number of sulfone groups is 1. The molecule has 1 aliphatic carbocycles. The van der Waals surface area contributed by atoms with E-state index < -0.39 is 21.3 Å². The van der Waals surface area contributed by atoms with Crippen LogP contribution in [-0.4, -0.2) is 37.2 Å². The van der Waals surface area contributed by atoms with Crippen molar-refractivity contribution in [1.29, 1.82) is 0 Å². The molecule has 2 atom stereocenters. The molecule has 6 heteroatoms. The van der Waals surface area contributed by atoms with Crippen LogP contribution in [0.4, 0.5) is 0 Å². The van der Waals surface area contributed by atoms with Gasteiger partial charge in [0.25, 0.3) is 0 Å². The standard InChI is InChI=1S/C15H26ClNO3S/c1-15(2,3)11-6-4-10(5-7-11)14(18)17-13-9-21(19,20)8-12(13)16/h10-13H,4-9H2,1-3H3,(H,17,18). The minimum absolute atomic E-state index is 0.00997. The maximum absolute atomic E-state index is 12.3. The highest BCUT2D eigenvalue weighted by Crippen LogP contribution is 2.39. The molecule has 0 aromatic carbocycles. The molecule has 0 spiro atoms. The van der Waals surface area contributed by atoms with E-state index in [1.807, 2.05) is 0 Å². The fourth-order valence-electron chi connectivity index (χ4n) is 3.46. The van der Waals surface area contributed by atoms with Crippen molar-refractivity contribution >= 4 is 27.3 Å². The van der Waals surface area contributed by atoms with E-state index in [1.54, 1.807) is 0 Å². The van der Waals surface area contributed by atoms with Gasteiger partial charge in [0.1, 0.15) is 0 Å². The van der Waals surface area contributed by atoms with Gasteiger partial charge in [-0.3, -0.25) is 4.79 Å². The van der Waals surface area contributed by atoms with Crippen LogP contribution in [0.1, 0.15) is 46.5 Å². The zero-order valence-corrected chi connectivity index (χ0v) is 14.6. The Balaban J connectivity index is 1.86. The highest BCUT2D eigenvalue weighted by molar-refractivity contribution is 7.91. The molecule has 1 amide bonds. The first-order valence-corrected chi connectivity index (χ1v) is 9.99. The second-order valence-corrected chi connectivity index (χ2v) is 10.3. The van der Waals surface area contributed by atoms with Gasteiger partial charge in [0.15, 0.2) is 9.84 Å². The maximum atomic E-state index is 12.3. The topological polar surface area (TPSA) is 63.2 Å². The number of halogens is 1. The van der Waals surface area contributed by atoms with Crippen molar-refractivity contribution in [3.8, 4) is 0 Å². The van der Waals surface area contributed by atoms with Gasteiger partial charge in [0.2, 0.25) is 5.91 Å². The predicted molar refractivity (Wildman–Crippen MR) is 85.1 cm³/mol. The van der Waals surface area contributed by atoms with Gasteiger partial charge in [-0.15, -0.1) is 11.6 Å². The Morgan fingerprint density at radius 1 is 1.10 bits per heavy atom. The normalized spacial score (nSPS) is 36.4. The number of rotatable bonds is 2. The molecule has 0 bridgehead atoms. The van der Waals surface area contributed by atoms with Crippen LogP contribution < -0.4 is 5.32 Å². The maximum Gasteiger partial charge on any atom is 0.223 e. The minimum Gasteiger partial charge on any atom is -0.351 e. The van der Waals surface area contributed by atoms with Crippen molar-refractivity contribution in [2.45, 2.75) is 57.9 Å². The molecule has 2 rings (SSSR count). The first kappa shape index (κ1) is 17.1. The fourth-order valence-corrected chi connectivity index (χ4v) is 6.01. The van der Waals surface area contributed by atoms with Gasteiger partial charge >= 0.3 is 0 Å². The van der Waals surface area contributed by atoms with E-state index in [1.165, 1.54) is 0 Å². The predicted octanol–water partition coefficient (Wildman–Crippen LogP) is 2.36. The Morgan fingerprint density at radius 2 is 1.67 bits per heavy atom. The highest BCUT2D eigenvalue weighted by Gasteiger charge is 2.39. The van der Waals surface area contributed by atoms with Crippen LogP contribution in [0.5, 0.6) is 0 Å². The quantitative estimate of drug-likeness (QED) is 0.788. The van der Waals surface area contributed by atoms with Crippen molar-refractivity contribution in [3.05, 3.63) is 0 Å². The van der Waals surface area contributed by atoms with Crippen LogP contribution in [0.15, 0.2) is 0 Å². The molecule has 1 saturated carbocycles. The van der Waals surface area contributed by atoms with E-state index in [-0.39, 0.29) is 23.3 Å². The molecule has 1 aliphatic heterocycles. The van der Waals surface area contributed by atoms with Gasteiger partial charge in [-0.1, -0.05) is 20.8 Å². The molecule has 122 valence electrons. The van der Waals surface area contributed by atoms with Crippen LogP contribution in [0.25, 0.3) is 0 Å². The first-order valence-electron chi connectivity index (χ1n) is 7.73. The van der Waals surface area contributed by atoms with Gasteiger partial charge in [0, 0.05) is 5.92 Å². The molecule has 1 heterocycles.